The highest BCUT2D eigenvalue weighted by Crippen LogP contribution is 2.42. The summed E-state index contributed by atoms with van der Waals surface area (Å²) in [5.41, 5.74) is 0. The summed E-state index contributed by atoms with van der Waals surface area (Å²) in [6.45, 7) is -4.01. The van der Waals surface area contributed by atoms with Crippen molar-refractivity contribution in [3.63, 3.8) is 0 Å². The van der Waals surface area contributed by atoms with Crippen molar-refractivity contribution in [3.8, 4) is 0 Å². The minimum atomic E-state index is -2.66. The van der Waals surface area contributed by atoms with Gasteiger partial charge in [0.05, 0.1) is 71.7 Å². The molecule has 0 spiro atoms. The van der Waals surface area contributed by atoms with E-state index in [2.05, 4.69) is 21.3 Å². The van der Waals surface area contributed by atoms with Crippen LogP contribution in [0.4, 0.5) is 0 Å². The van der Waals surface area contributed by atoms with Gasteiger partial charge in [-0.1, -0.05) is 0 Å². The number of hydrogen-bond donors (Lipinski definition) is 33. The molecule has 55 atom stereocenters. The van der Waals surface area contributed by atoms with Crippen LogP contribution < -0.4 is 21.3 Å². The van der Waals surface area contributed by atoms with Crippen LogP contribution in [0.25, 0.3) is 0 Å². The summed E-state index contributed by atoms with van der Waals surface area (Å²) in [5.74, 6) is -3.80. The number of aliphatic hydroxyl groups is 29. The SMILES string of the molecule is CC(=O)N[C@@H]1[C@H](O[C@@H]2[C@@H](O[C@@H]3[C@H](O)[C@H](O[C@H]4[C@H](O)[C@@H](NC(C)=O)[C@H](O[C@H]5[C@H](O)[C@@H](NC(C)=O)[C@H](O)O[C@@H]5CO[C@@H]5O[C@@H](C)[C@@H](O)[C@@H](O)[C@@H]5O)O[C@@H]4CO)O[C@H](CO[C@H]4O[C@H](CO)[C@@H](O)[C@H](O)[C@@H]4O[C@@H]4O[C@H](CO)[C@@H](O)[C@H](O)[C@H]4NC(C)=O)[C@H]3O)O[C@H](CO)[C@@H](O)[C@@H]2O)O[C@H](CO)[C@@H](O[C@@H]2O[C@H](CO)[C@H](O)[C@H](O[C@H]3O[C@H](CO)[C@H](O)[C@H](O)[C@H]3O)[C@H]2O[C@@H]2O[C@@H](C)[C@@H](O)[C@@H](O)[C@@H]2O)[C@@H]1O. The van der Waals surface area contributed by atoms with Crippen LogP contribution in [0.2, 0.25) is 0 Å². The summed E-state index contributed by atoms with van der Waals surface area (Å²) < 4.78 is 126. The van der Waals surface area contributed by atoms with Crippen molar-refractivity contribution in [2.75, 3.05) is 59.5 Å². The van der Waals surface area contributed by atoms with E-state index in [4.69, 9.17) is 99.5 Å². The van der Waals surface area contributed by atoms with E-state index >= 15 is 0 Å². The van der Waals surface area contributed by atoms with Crippen molar-refractivity contribution in [3.05, 3.63) is 0 Å². The molecule has 11 aliphatic heterocycles. The van der Waals surface area contributed by atoms with Crippen LogP contribution >= 0.6 is 0 Å². The Morgan fingerprint density at radius 2 is 0.485 bits per heavy atom. The topological polar surface area (TPSA) is 897 Å². The zero-order chi connectivity index (χ0) is 97.1. The third-order valence-corrected chi connectivity index (χ3v) is 24.5. The Labute approximate surface area is 748 Å². The Balaban J connectivity index is 0.927. The Bertz CT molecular complexity index is 3610. The molecule has 0 unspecified atom stereocenters. The molecule has 0 aromatic heterocycles. The molecule has 132 heavy (non-hydrogen) atoms. The van der Waals surface area contributed by atoms with Gasteiger partial charge in [0, 0.05) is 27.7 Å². The van der Waals surface area contributed by atoms with Gasteiger partial charge in [-0.05, 0) is 13.8 Å². The highest BCUT2D eigenvalue weighted by Gasteiger charge is 2.63. The summed E-state index contributed by atoms with van der Waals surface area (Å²) in [5, 5.41) is 336. The first kappa shape index (κ1) is 108. The van der Waals surface area contributed by atoms with Crippen molar-refractivity contribution in [2.24, 2.45) is 0 Å². The lowest BCUT2D eigenvalue weighted by Gasteiger charge is -2.52. The number of aliphatic hydroxyl groups excluding tert-OH is 29. The highest BCUT2D eigenvalue weighted by molar-refractivity contribution is 5.74. The number of carbonyl (C=O) groups is 4. The smallest absolute Gasteiger partial charge is 0.217 e. The zero-order valence-corrected chi connectivity index (χ0v) is 71.3. The number of amides is 4. The van der Waals surface area contributed by atoms with E-state index in [1.54, 1.807) is 0 Å². The fourth-order valence-corrected chi connectivity index (χ4v) is 17.2. The number of nitrogens with one attached hydrogen (secondary N) is 4. The van der Waals surface area contributed by atoms with Gasteiger partial charge >= 0.3 is 0 Å². The first-order valence-electron chi connectivity index (χ1n) is 42.4. The van der Waals surface area contributed by atoms with Gasteiger partial charge < -0.3 is 269 Å². The zero-order valence-electron chi connectivity index (χ0n) is 71.3. The molecule has 33 N–H and O–H groups in total. The number of ether oxygens (including phenoxy) is 21. The molecule has 0 aromatic rings. The Kier molecular flexibility index (Phi) is 38.5. The lowest BCUT2D eigenvalue weighted by atomic mass is 9.93. The summed E-state index contributed by atoms with van der Waals surface area (Å²) in [6.07, 6.45) is -107. The van der Waals surface area contributed by atoms with Gasteiger partial charge in [0.15, 0.2) is 69.2 Å². The lowest BCUT2D eigenvalue weighted by molar-refractivity contribution is -0.408. The molecule has 0 aliphatic carbocycles. The fourth-order valence-electron chi connectivity index (χ4n) is 17.2. The van der Waals surface area contributed by atoms with Gasteiger partial charge in [0.25, 0.3) is 0 Å². The van der Waals surface area contributed by atoms with E-state index in [1.807, 2.05) is 0 Å². The first-order valence-corrected chi connectivity index (χ1v) is 42.4. The van der Waals surface area contributed by atoms with Crippen molar-refractivity contribution in [1.29, 1.82) is 0 Å². The van der Waals surface area contributed by atoms with Gasteiger partial charge in [-0.25, -0.2) is 0 Å². The molecule has 0 aromatic carbocycles. The standard InChI is InChI=1S/C74H124N4O54/c1-16-35(90)47(102)52(107)68(114-16)112-15-30-58(44(99)31(64(111)116-30)75-18(3)86)125-66-33(77-20(5)88)45(100)56(27(12-84)122-66)126-71-55(110)59(42(97)29(124-71)14-113-72-61(50(105)39(94)24(9-81)119-72)130-65-32(76-19(4)87)43(98)37(92)22(7-79)117-65)128-73-62(51(106)40(95)25(10-82)120-73)131-67-34(78-21(6)89)46(101)57(28(13-85)123-67)127-74-63(132-69-53(108)48(103)36(91)17(2)115-69)60(41(96)26(11-83)121-74)129-70-54(109)49(104)38(93)23(8-80)118-70/h16-17,22-74,79-85,90-111H,7-15H2,1-6H3,(H,75,86)(H,76,87)(H,77,88)(H,78,89)/t16-,17-,22+,23+,24+,25+,26+,27+,28+,29+,30+,31+,32+,33+,34-,35+,36+,37+,38-,39+,40+,41-,42+,43+,44+,45+,46+,47+,48+,49-,50-,51-,52-,53-,54+,55-,56+,57+,58+,59-,60-,61-,62-,63+,64+,65-,66-,67-,68+,69-,70+,71-,72-,73+,74-/m0/s1. The van der Waals surface area contributed by atoms with Gasteiger partial charge in [0.2, 0.25) is 23.6 Å². The monoisotopic (exact) mass is 1930 g/mol. The average molecular weight is 1930 g/mol. The summed E-state index contributed by atoms with van der Waals surface area (Å²) in [4.78, 5) is 51.8. The molecule has 0 saturated carbocycles. The predicted molar refractivity (Wildman–Crippen MR) is 406 cm³/mol. The maximum atomic E-state index is 13.4. The Morgan fingerprint density at radius 3 is 0.955 bits per heavy atom. The average Bonchev–Trinajstić information content (AvgIpc) is 0.713. The van der Waals surface area contributed by atoms with Gasteiger partial charge in [0.1, 0.15) is 256 Å². The first-order chi connectivity index (χ1) is 62.4. The van der Waals surface area contributed by atoms with E-state index in [1.165, 1.54) is 13.8 Å². The van der Waals surface area contributed by atoms with Crippen LogP contribution in [0.3, 0.4) is 0 Å². The molecule has 11 rings (SSSR count). The predicted octanol–water partition coefficient (Wildman–Crippen LogP) is -22.3. The van der Waals surface area contributed by atoms with E-state index in [9.17, 15) is 167 Å². The number of carbonyl (C=O) groups excluding carboxylic acids is 4. The summed E-state index contributed by atoms with van der Waals surface area (Å²) in [7, 11) is 0. The summed E-state index contributed by atoms with van der Waals surface area (Å²) in [6, 6.07) is -7.75. The van der Waals surface area contributed by atoms with Crippen molar-refractivity contribution in [1.82, 2.24) is 21.3 Å². The molecule has 11 saturated heterocycles. The van der Waals surface area contributed by atoms with Crippen LogP contribution in [-0.4, -0.2) is 569 Å². The van der Waals surface area contributed by atoms with Gasteiger partial charge in [-0.2, -0.15) is 0 Å². The van der Waals surface area contributed by atoms with Crippen LogP contribution in [-0.2, 0) is 119 Å². The molecule has 11 fully saturated rings. The molecule has 11 heterocycles. The largest absolute Gasteiger partial charge is 0.394 e. The van der Waals surface area contributed by atoms with E-state index in [0.717, 1.165) is 27.7 Å². The molecule has 0 radical (unpaired) electrons. The van der Waals surface area contributed by atoms with Gasteiger partial charge in [-0.15, -0.1) is 0 Å². The van der Waals surface area contributed by atoms with Gasteiger partial charge in [-0.3, -0.25) is 19.2 Å². The lowest BCUT2D eigenvalue weighted by Crippen LogP contribution is -2.71. The number of rotatable bonds is 33. The normalized spacial score (nSPS) is 50.4. The van der Waals surface area contributed by atoms with E-state index in [0.29, 0.717) is 0 Å². The molecular formula is C74H124N4O54. The molecule has 58 nitrogen and oxygen atoms in total. The Hall–Kier alpha value is -4.12. The maximum Gasteiger partial charge on any atom is 0.217 e. The van der Waals surface area contributed by atoms with Crippen LogP contribution in [0.1, 0.15) is 41.5 Å². The van der Waals surface area contributed by atoms with Crippen molar-refractivity contribution < 1.29 is 267 Å². The van der Waals surface area contributed by atoms with E-state index in [-0.39, 0.29) is 0 Å². The number of hydrogen-bond acceptors (Lipinski definition) is 54. The van der Waals surface area contributed by atoms with Crippen molar-refractivity contribution >= 4 is 23.6 Å². The second kappa shape index (κ2) is 47.0. The second-order valence-corrected chi connectivity index (χ2v) is 33.8. The third kappa shape index (κ3) is 23.7. The van der Waals surface area contributed by atoms with E-state index < -0.39 is 421 Å². The molecular weight excluding hydrogens is 1810 g/mol. The Morgan fingerprint density at radius 1 is 0.212 bits per heavy atom. The molecule has 11 aliphatic rings. The minimum Gasteiger partial charge on any atom is -0.394 e. The van der Waals surface area contributed by atoms with Crippen molar-refractivity contribution in [2.45, 2.75) is 379 Å². The second-order valence-electron chi connectivity index (χ2n) is 33.8. The highest BCUT2D eigenvalue weighted by atomic mass is 16.8. The molecule has 4 amide bonds. The third-order valence-electron chi connectivity index (χ3n) is 24.5. The minimum absolute atomic E-state index is 0.854. The molecule has 764 valence electrons. The maximum absolute atomic E-state index is 13.4. The van der Waals surface area contributed by atoms with Crippen LogP contribution in [0.15, 0.2) is 0 Å². The molecule has 58 heteroatoms. The van der Waals surface area contributed by atoms with Crippen LogP contribution in [0, 0.1) is 0 Å². The summed E-state index contributed by atoms with van der Waals surface area (Å²) >= 11 is 0. The quantitative estimate of drug-likeness (QED) is 0.0290. The molecule has 0 bridgehead atoms. The van der Waals surface area contributed by atoms with Crippen LogP contribution in [0.5, 0.6) is 0 Å². The fraction of sp³-hybridized carbons (Fsp3) is 0.946.